The van der Waals surface area contributed by atoms with E-state index in [0.717, 1.165) is 31.8 Å². The minimum Gasteiger partial charge on any atom is -0.370 e. The molecule has 5 heteroatoms. The third-order valence-corrected chi connectivity index (χ3v) is 3.16. The molecule has 0 aliphatic carbocycles. The highest BCUT2D eigenvalue weighted by atomic mass is 16.2. The van der Waals surface area contributed by atoms with Crippen LogP contribution in [0.15, 0.2) is 4.99 Å². The van der Waals surface area contributed by atoms with E-state index >= 15 is 0 Å². The Kier molecular flexibility index (Phi) is 5.08. The number of nitrogens with two attached hydrogens (primary N) is 2. The van der Waals surface area contributed by atoms with Gasteiger partial charge in [0, 0.05) is 19.5 Å². The smallest absolute Gasteiger partial charge is 0.224 e. The fraction of sp³-hybridized carbons (Fsp3) is 0.818. The molecule has 1 fully saturated rings. The molecular weight excluding hydrogens is 204 g/mol. The zero-order valence-corrected chi connectivity index (χ0v) is 9.98. The van der Waals surface area contributed by atoms with Crippen LogP contribution in [0, 0.1) is 5.92 Å². The molecule has 1 aliphatic rings. The summed E-state index contributed by atoms with van der Waals surface area (Å²) in [5.41, 5.74) is 10.4. The van der Waals surface area contributed by atoms with E-state index in [1.54, 1.807) is 0 Å². The van der Waals surface area contributed by atoms with Gasteiger partial charge in [-0.05, 0) is 18.8 Å². The topological polar surface area (TPSA) is 84.7 Å². The van der Waals surface area contributed by atoms with Crippen molar-refractivity contribution < 1.29 is 4.79 Å². The molecule has 0 aromatic carbocycles. The Labute approximate surface area is 96.9 Å². The third kappa shape index (κ3) is 4.08. The van der Waals surface area contributed by atoms with Crippen LogP contribution in [0.2, 0.25) is 0 Å². The Balaban J connectivity index is 2.25. The van der Waals surface area contributed by atoms with Crippen LogP contribution < -0.4 is 11.5 Å². The lowest BCUT2D eigenvalue weighted by Gasteiger charge is -2.31. The van der Waals surface area contributed by atoms with Gasteiger partial charge in [0.25, 0.3) is 0 Å². The summed E-state index contributed by atoms with van der Waals surface area (Å²) in [7, 11) is 0. The summed E-state index contributed by atoms with van der Waals surface area (Å²) < 4.78 is 0. The van der Waals surface area contributed by atoms with Crippen molar-refractivity contribution >= 4 is 11.9 Å². The van der Waals surface area contributed by atoms with Gasteiger partial charge in [0.05, 0.1) is 6.54 Å². The van der Waals surface area contributed by atoms with Crippen molar-refractivity contribution in [2.75, 3.05) is 19.6 Å². The number of hydrogen-bond acceptors (Lipinski definition) is 2. The molecule has 0 unspecified atom stereocenters. The maximum atomic E-state index is 11.7. The quantitative estimate of drug-likeness (QED) is 0.534. The minimum atomic E-state index is 0.0532. The Morgan fingerprint density at radius 1 is 1.38 bits per heavy atom. The number of carbonyl (C=O) groups is 1. The monoisotopic (exact) mass is 226 g/mol. The molecule has 1 saturated heterocycles. The van der Waals surface area contributed by atoms with E-state index in [0.29, 0.717) is 13.0 Å². The van der Waals surface area contributed by atoms with Crippen molar-refractivity contribution in [2.24, 2.45) is 22.4 Å². The first-order chi connectivity index (χ1) is 7.63. The molecule has 92 valence electrons. The summed E-state index contributed by atoms with van der Waals surface area (Å²) in [5.74, 6) is 1.01. The number of carbonyl (C=O) groups excluding carboxylic acids is 1. The van der Waals surface area contributed by atoms with Crippen LogP contribution in [0.3, 0.4) is 0 Å². The van der Waals surface area contributed by atoms with E-state index in [-0.39, 0.29) is 11.9 Å². The zero-order valence-electron chi connectivity index (χ0n) is 9.98. The van der Waals surface area contributed by atoms with Gasteiger partial charge in [-0.25, -0.2) is 0 Å². The molecule has 0 spiro atoms. The molecule has 16 heavy (non-hydrogen) atoms. The molecular formula is C11H22N4O. The predicted molar refractivity (Wildman–Crippen MR) is 64.9 cm³/mol. The predicted octanol–water partition coefficient (Wildman–Crippen LogP) is 0.299. The van der Waals surface area contributed by atoms with Gasteiger partial charge in [-0.15, -0.1) is 0 Å². The highest BCUT2D eigenvalue weighted by Crippen LogP contribution is 2.20. The van der Waals surface area contributed by atoms with Crippen LogP contribution >= 0.6 is 0 Å². The van der Waals surface area contributed by atoms with Gasteiger partial charge in [-0.1, -0.05) is 13.3 Å². The first-order valence-electron chi connectivity index (χ1n) is 5.96. The minimum absolute atomic E-state index is 0.0532. The van der Waals surface area contributed by atoms with E-state index in [1.807, 2.05) is 4.90 Å². The maximum absolute atomic E-state index is 11.7. The van der Waals surface area contributed by atoms with Gasteiger partial charge in [-0.2, -0.15) is 0 Å². The molecule has 1 amide bonds. The van der Waals surface area contributed by atoms with Crippen molar-refractivity contribution in [2.45, 2.75) is 32.6 Å². The number of likely N-dealkylation sites (tertiary alicyclic amines) is 1. The third-order valence-electron chi connectivity index (χ3n) is 3.16. The van der Waals surface area contributed by atoms with Gasteiger partial charge >= 0.3 is 0 Å². The largest absolute Gasteiger partial charge is 0.370 e. The molecule has 0 aromatic rings. The van der Waals surface area contributed by atoms with Crippen molar-refractivity contribution in [1.29, 1.82) is 0 Å². The highest BCUT2D eigenvalue weighted by Gasteiger charge is 2.20. The van der Waals surface area contributed by atoms with Crippen LogP contribution in [0.4, 0.5) is 0 Å². The molecule has 0 radical (unpaired) electrons. The lowest BCUT2D eigenvalue weighted by molar-refractivity contribution is -0.132. The molecule has 0 atom stereocenters. The summed E-state index contributed by atoms with van der Waals surface area (Å²) in [6.07, 6.45) is 3.89. The van der Waals surface area contributed by atoms with Gasteiger partial charge in [-0.3, -0.25) is 9.79 Å². The lowest BCUT2D eigenvalue weighted by atomic mass is 9.94. The molecule has 1 aliphatic heterocycles. The van der Waals surface area contributed by atoms with Crippen LogP contribution in [0.5, 0.6) is 0 Å². The average molecular weight is 226 g/mol. The van der Waals surface area contributed by atoms with Crippen LogP contribution in [0.25, 0.3) is 0 Å². The van der Waals surface area contributed by atoms with Gasteiger partial charge in [0.15, 0.2) is 5.96 Å². The van der Waals surface area contributed by atoms with Crippen molar-refractivity contribution in [1.82, 2.24) is 4.90 Å². The summed E-state index contributed by atoms with van der Waals surface area (Å²) in [4.78, 5) is 17.5. The number of hydrogen-bond donors (Lipinski definition) is 2. The molecule has 1 heterocycles. The van der Waals surface area contributed by atoms with E-state index in [1.165, 1.54) is 6.42 Å². The number of piperidine rings is 1. The van der Waals surface area contributed by atoms with E-state index in [9.17, 15) is 4.79 Å². The zero-order chi connectivity index (χ0) is 12.0. The molecule has 0 aromatic heterocycles. The highest BCUT2D eigenvalue weighted by molar-refractivity contribution is 5.78. The molecule has 5 nitrogen and oxygen atoms in total. The van der Waals surface area contributed by atoms with Crippen LogP contribution in [-0.4, -0.2) is 36.4 Å². The fourth-order valence-corrected chi connectivity index (χ4v) is 2.03. The molecule has 1 rings (SSSR count). The number of amides is 1. The maximum Gasteiger partial charge on any atom is 0.224 e. The summed E-state index contributed by atoms with van der Waals surface area (Å²) >= 11 is 0. The number of nitrogens with zero attached hydrogens (tertiary/aromatic N) is 2. The Morgan fingerprint density at radius 3 is 2.50 bits per heavy atom. The van der Waals surface area contributed by atoms with Crippen LogP contribution in [-0.2, 0) is 4.79 Å². The molecule has 4 N–H and O–H groups in total. The Morgan fingerprint density at radius 2 is 2.00 bits per heavy atom. The second kappa shape index (κ2) is 6.35. The summed E-state index contributed by atoms with van der Waals surface area (Å²) in [6, 6.07) is 0. The van der Waals surface area contributed by atoms with E-state index in [4.69, 9.17) is 11.5 Å². The average Bonchev–Trinajstić information content (AvgIpc) is 2.28. The summed E-state index contributed by atoms with van der Waals surface area (Å²) in [6.45, 7) is 4.38. The molecule has 0 bridgehead atoms. The SMILES string of the molecule is CCC1CCN(C(=O)CCN=C(N)N)CC1. The van der Waals surface area contributed by atoms with E-state index in [2.05, 4.69) is 11.9 Å². The number of aliphatic imine (C=N–C) groups is 1. The van der Waals surface area contributed by atoms with Crippen molar-refractivity contribution in [3.8, 4) is 0 Å². The van der Waals surface area contributed by atoms with Crippen LogP contribution in [0.1, 0.15) is 32.6 Å². The van der Waals surface area contributed by atoms with E-state index < -0.39 is 0 Å². The molecule has 0 saturated carbocycles. The standard InChI is InChI=1S/C11H22N4O/c1-2-9-4-7-15(8-5-9)10(16)3-6-14-11(12)13/h9H,2-8H2,1H3,(H4,12,13,14). The Bertz CT molecular complexity index is 253. The van der Waals surface area contributed by atoms with Crippen molar-refractivity contribution in [3.05, 3.63) is 0 Å². The van der Waals surface area contributed by atoms with Crippen molar-refractivity contribution in [3.63, 3.8) is 0 Å². The van der Waals surface area contributed by atoms with Gasteiger partial charge in [0.2, 0.25) is 5.91 Å². The lowest BCUT2D eigenvalue weighted by Crippen LogP contribution is -2.38. The number of rotatable bonds is 4. The first-order valence-corrected chi connectivity index (χ1v) is 5.96. The van der Waals surface area contributed by atoms with Gasteiger partial charge < -0.3 is 16.4 Å². The normalized spacial score (nSPS) is 17.2. The van der Waals surface area contributed by atoms with Gasteiger partial charge in [0.1, 0.15) is 0 Å². The second-order valence-corrected chi connectivity index (χ2v) is 4.29. The Hall–Kier alpha value is -1.26. The second-order valence-electron chi connectivity index (χ2n) is 4.29. The number of guanidine groups is 1. The summed E-state index contributed by atoms with van der Waals surface area (Å²) in [5, 5.41) is 0. The first kappa shape index (κ1) is 12.8. The fourth-order valence-electron chi connectivity index (χ4n) is 2.03.